The van der Waals surface area contributed by atoms with E-state index < -0.39 is 5.41 Å². The zero-order valence-corrected chi connectivity index (χ0v) is 10.9. The Kier molecular flexibility index (Phi) is 2.89. The number of carbonyl (C=O) groups excluding carboxylic acids is 2. The number of hydrogen-bond donors (Lipinski definition) is 2. The molecule has 1 heterocycles. The lowest BCUT2D eigenvalue weighted by Gasteiger charge is -2.58. The topological polar surface area (TPSA) is 61.4 Å². The molecule has 96 valence electrons. The van der Waals surface area contributed by atoms with E-state index in [2.05, 4.69) is 17.6 Å². The molecule has 2 N–H and O–H groups in total. The van der Waals surface area contributed by atoms with Crippen LogP contribution in [0.25, 0.3) is 0 Å². The summed E-state index contributed by atoms with van der Waals surface area (Å²) >= 11 is 0. The summed E-state index contributed by atoms with van der Waals surface area (Å²) in [6, 6.07) is 0.0510. The van der Waals surface area contributed by atoms with E-state index >= 15 is 0 Å². The Hall–Kier alpha value is -1.10. The van der Waals surface area contributed by atoms with Crippen molar-refractivity contribution in [3.05, 3.63) is 0 Å². The maximum atomic E-state index is 11.9. The van der Waals surface area contributed by atoms with E-state index in [9.17, 15) is 9.59 Å². The number of carbonyl (C=O) groups is 2. The van der Waals surface area contributed by atoms with Gasteiger partial charge in [-0.2, -0.15) is 0 Å². The van der Waals surface area contributed by atoms with E-state index in [0.717, 1.165) is 6.42 Å². The van der Waals surface area contributed by atoms with E-state index in [1.807, 2.05) is 25.8 Å². The van der Waals surface area contributed by atoms with Gasteiger partial charge >= 0.3 is 6.03 Å². The Bertz CT molecular complexity index is 358. The lowest BCUT2D eigenvalue weighted by Crippen LogP contribution is -2.73. The van der Waals surface area contributed by atoms with E-state index in [0.29, 0.717) is 12.5 Å². The van der Waals surface area contributed by atoms with Gasteiger partial charge in [0.2, 0.25) is 5.91 Å². The molecular weight excluding hydrogens is 218 g/mol. The highest BCUT2D eigenvalue weighted by Gasteiger charge is 2.60. The van der Waals surface area contributed by atoms with E-state index in [1.165, 1.54) is 0 Å². The van der Waals surface area contributed by atoms with Crippen molar-refractivity contribution in [2.45, 2.75) is 39.3 Å². The van der Waals surface area contributed by atoms with Gasteiger partial charge in [-0.25, -0.2) is 4.79 Å². The number of likely N-dealkylation sites (N-methyl/N-ethyl adjacent to an activating group) is 1. The Labute approximate surface area is 102 Å². The Morgan fingerprint density at radius 2 is 2.24 bits per heavy atom. The summed E-state index contributed by atoms with van der Waals surface area (Å²) in [6.07, 6.45) is 0.923. The third kappa shape index (κ3) is 1.64. The smallest absolute Gasteiger partial charge is 0.319 e. The van der Waals surface area contributed by atoms with Crippen LogP contribution in [-0.4, -0.2) is 42.5 Å². The van der Waals surface area contributed by atoms with Crippen LogP contribution in [-0.2, 0) is 4.79 Å². The fourth-order valence-corrected chi connectivity index (χ4v) is 2.86. The number of nitrogens with one attached hydrogen (secondary N) is 2. The van der Waals surface area contributed by atoms with Gasteiger partial charge in [-0.1, -0.05) is 6.92 Å². The molecule has 1 saturated carbocycles. The molecule has 4 unspecified atom stereocenters. The van der Waals surface area contributed by atoms with Gasteiger partial charge in [0.25, 0.3) is 0 Å². The van der Waals surface area contributed by atoms with Crippen LogP contribution in [0.15, 0.2) is 0 Å². The van der Waals surface area contributed by atoms with Crippen LogP contribution >= 0.6 is 0 Å². The molecule has 0 radical (unpaired) electrons. The molecule has 1 aliphatic carbocycles. The summed E-state index contributed by atoms with van der Waals surface area (Å²) < 4.78 is 0. The molecule has 2 fully saturated rings. The van der Waals surface area contributed by atoms with Crippen LogP contribution in [0.5, 0.6) is 0 Å². The number of rotatable bonds is 3. The molecule has 0 aromatic heterocycles. The van der Waals surface area contributed by atoms with Gasteiger partial charge in [0.1, 0.15) is 0 Å². The van der Waals surface area contributed by atoms with Crippen molar-refractivity contribution in [1.29, 1.82) is 0 Å². The third-order valence-electron chi connectivity index (χ3n) is 4.60. The maximum Gasteiger partial charge on any atom is 0.324 e. The van der Waals surface area contributed by atoms with Crippen molar-refractivity contribution in [1.82, 2.24) is 15.5 Å². The highest BCUT2D eigenvalue weighted by atomic mass is 16.2. The van der Waals surface area contributed by atoms with E-state index in [4.69, 9.17) is 0 Å². The molecule has 1 aliphatic heterocycles. The monoisotopic (exact) mass is 239 g/mol. The lowest BCUT2D eigenvalue weighted by molar-refractivity contribution is -0.153. The van der Waals surface area contributed by atoms with Gasteiger partial charge in [0.05, 0.1) is 5.41 Å². The quantitative estimate of drug-likeness (QED) is 0.756. The SMILES string of the molecule is CNC(C)CN1C(=O)NC(=O)C2(C)C(C)CC12. The molecule has 0 bridgehead atoms. The van der Waals surface area contributed by atoms with Gasteiger partial charge in [-0.05, 0) is 33.2 Å². The van der Waals surface area contributed by atoms with Crippen molar-refractivity contribution >= 4 is 11.9 Å². The average molecular weight is 239 g/mol. The molecule has 2 rings (SSSR count). The molecule has 5 nitrogen and oxygen atoms in total. The van der Waals surface area contributed by atoms with Gasteiger partial charge in [-0.3, -0.25) is 10.1 Å². The minimum Gasteiger partial charge on any atom is -0.319 e. The van der Waals surface area contributed by atoms with Gasteiger partial charge in [0, 0.05) is 18.6 Å². The predicted molar refractivity (Wildman–Crippen MR) is 64.4 cm³/mol. The van der Waals surface area contributed by atoms with Gasteiger partial charge < -0.3 is 10.2 Å². The molecule has 3 amide bonds. The minimum absolute atomic E-state index is 0.0644. The second-order valence-corrected chi connectivity index (χ2v) is 5.54. The number of hydrogen-bond acceptors (Lipinski definition) is 3. The predicted octanol–water partition coefficient (Wildman–Crippen LogP) is 0.561. The number of imide groups is 1. The molecule has 0 aromatic carbocycles. The first-order chi connectivity index (χ1) is 7.91. The van der Waals surface area contributed by atoms with Crippen molar-refractivity contribution in [3.8, 4) is 0 Å². The summed E-state index contributed by atoms with van der Waals surface area (Å²) in [7, 11) is 1.88. The zero-order chi connectivity index (χ0) is 12.8. The Morgan fingerprint density at radius 1 is 1.59 bits per heavy atom. The van der Waals surface area contributed by atoms with Crippen LogP contribution in [0, 0.1) is 11.3 Å². The minimum atomic E-state index is -0.401. The molecule has 0 spiro atoms. The first-order valence-corrected chi connectivity index (χ1v) is 6.20. The van der Waals surface area contributed by atoms with Crippen molar-refractivity contribution in [2.24, 2.45) is 11.3 Å². The van der Waals surface area contributed by atoms with Crippen molar-refractivity contribution in [2.75, 3.05) is 13.6 Å². The summed E-state index contributed by atoms with van der Waals surface area (Å²) in [5.74, 6) is 0.229. The van der Waals surface area contributed by atoms with Gasteiger partial charge in [-0.15, -0.1) is 0 Å². The fraction of sp³-hybridized carbons (Fsp3) is 0.833. The van der Waals surface area contributed by atoms with Crippen LogP contribution in [0.2, 0.25) is 0 Å². The van der Waals surface area contributed by atoms with E-state index in [1.54, 1.807) is 0 Å². The highest BCUT2D eigenvalue weighted by molar-refractivity contribution is 6.01. The molecule has 1 saturated heterocycles. The van der Waals surface area contributed by atoms with Crippen LogP contribution in [0.3, 0.4) is 0 Å². The van der Waals surface area contributed by atoms with Crippen LogP contribution in [0.4, 0.5) is 4.79 Å². The van der Waals surface area contributed by atoms with Crippen molar-refractivity contribution < 1.29 is 9.59 Å². The third-order valence-corrected chi connectivity index (χ3v) is 4.60. The van der Waals surface area contributed by atoms with Crippen LogP contribution in [0.1, 0.15) is 27.2 Å². The maximum absolute atomic E-state index is 11.9. The Balaban J connectivity index is 2.17. The molecular formula is C12H21N3O2. The molecule has 2 aliphatic rings. The summed E-state index contributed by atoms with van der Waals surface area (Å²) in [4.78, 5) is 25.6. The average Bonchev–Trinajstić information content (AvgIpc) is 2.30. The van der Waals surface area contributed by atoms with Crippen LogP contribution < -0.4 is 10.6 Å². The standard InChI is InChI=1S/C12H21N3O2/c1-7-5-9-12(7,3)10(16)14-11(17)15(9)6-8(2)13-4/h7-9,13H,5-6H2,1-4H3,(H,14,16,17). The summed E-state index contributed by atoms with van der Waals surface area (Å²) in [6.45, 7) is 6.71. The molecule has 5 heteroatoms. The number of amides is 3. The lowest BCUT2D eigenvalue weighted by atomic mass is 9.56. The number of urea groups is 1. The molecule has 0 aromatic rings. The van der Waals surface area contributed by atoms with E-state index in [-0.39, 0.29) is 24.0 Å². The molecule has 4 atom stereocenters. The second-order valence-electron chi connectivity index (χ2n) is 5.54. The first-order valence-electron chi connectivity index (χ1n) is 6.20. The fourth-order valence-electron chi connectivity index (χ4n) is 2.86. The highest BCUT2D eigenvalue weighted by Crippen LogP contribution is 2.50. The summed E-state index contributed by atoms with van der Waals surface area (Å²) in [5.41, 5.74) is -0.401. The summed E-state index contributed by atoms with van der Waals surface area (Å²) in [5, 5.41) is 5.60. The zero-order valence-electron chi connectivity index (χ0n) is 10.9. The normalized spacial score (nSPS) is 38.2. The largest absolute Gasteiger partial charge is 0.324 e. The number of nitrogens with zero attached hydrogens (tertiary/aromatic N) is 1. The van der Waals surface area contributed by atoms with Gasteiger partial charge in [0.15, 0.2) is 0 Å². The van der Waals surface area contributed by atoms with Crippen molar-refractivity contribution in [3.63, 3.8) is 0 Å². The molecule has 17 heavy (non-hydrogen) atoms. The second kappa shape index (κ2) is 3.98. The Morgan fingerprint density at radius 3 is 2.76 bits per heavy atom. The number of fused-ring (bicyclic) bond motifs is 1. The first kappa shape index (κ1) is 12.4.